The highest BCUT2D eigenvalue weighted by Crippen LogP contribution is 2.22. The predicted molar refractivity (Wildman–Crippen MR) is 76.4 cm³/mol. The van der Waals surface area contributed by atoms with Crippen molar-refractivity contribution in [2.45, 2.75) is 19.1 Å². The molecule has 1 aliphatic heterocycles. The predicted octanol–water partition coefficient (Wildman–Crippen LogP) is 0.654. The molecule has 2 heterocycles. The zero-order valence-electron chi connectivity index (χ0n) is 11.7. The third kappa shape index (κ3) is 2.95. The quantitative estimate of drug-likeness (QED) is 0.890. The van der Waals surface area contributed by atoms with E-state index in [1.807, 2.05) is 4.72 Å². The first-order valence-corrected chi connectivity index (χ1v) is 8.51. The van der Waals surface area contributed by atoms with Crippen molar-refractivity contribution in [3.63, 3.8) is 0 Å². The van der Waals surface area contributed by atoms with Crippen LogP contribution in [0.5, 0.6) is 0 Å². The van der Waals surface area contributed by atoms with Crippen LogP contribution in [0.4, 0.5) is 4.39 Å². The van der Waals surface area contributed by atoms with Crippen LogP contribution in [0, 0.1) is 5.82 Å². The van der Waals surface area contributed by atoms with Crippen molar-refractivity contribution >= 4 is 27.0 Å². The van der Waals surface area contributed by atoms with Crippen molar-refractivity contribution in [3.05, 3.63) is 29.8 Å². The summed E-state index contributed by atoms with van der Waals surface area (Å²) in [4.78, 5) is 15.9. The number of hydrogen-bond acceptors (Lipinski definition) is 5. The van der Waals surface area contributed by atoms with Gasteiger partial charge in [-0.25, -0.2) is 22.5 Å². The smallest absolute Gasteiger partial charge is 0.264 e. The molecule has 118 valence electrons. The van der Waals surface area contributed by atoms with Gasteiger partial charge >= 0.3 is 0 Å². The summed E-state index contributed by atoms with van der Waals surface area (Å²) in [5, 5.41) is 0. The maximum atomic E-state index is 14.1. The molecule has 7 nitrogen and oxygen atoms in total. The molecular formula is C13H14FN3O4S. The van der Waals surface area contributed by atoms with Gasteiger partial charge in [0.15, 0.2) is 5.82 Å². The lowest BCUT2D eigenvalue weighted by molar-refractivity contribution is -0.0586. The van der Waals surface area contributed by atoms with Crippen LogP contribution in [0.25, 0.3) is 11.0 Å². The maximum Gasteiger partial charge on any atom is 0.264 e. The minimum absolute atomic E-state index is 0.0500. The molecule has 1 N–H and O–H groups in total. The van der Waals surface area contributed by atoms with Gasteiger partial charge in [-0.3, -0.25) is 4.79 Å². The number of fused-ring (bicyclic) bond motifs is 1. The normalized spacial score (nSPS) is 18.2. The number of amides is 1. The van der Waals surface area contributed by atoms with E-state index in [0.29, 0.717) is 18.7 Å². The van der Waals surface area contributed by atoms with Gasteiger partial charge in [0.05, 0.1) is 30.7 Å². The molecule has 0 radical (unpaired) electrons. The lowest BCUT2D eigenvalue weighted by Crippen LogP contribution is -2.31. The number of carbonyl (C=O) groups excluding carboxylic acids is 1. The van der Waals surface area contributed by atoms with E-state index in [4.69, 9.17) is 4.74 Å². The van der Waals surface area contributed by atoms with Crippen LogP contribution in [0.2, 0.25) is 0 Å². The Morgan fingerprint density at radius 2 is 2.27 bits per heavy atom. The van der Waals surface area contributed by atoms with Crippen LogP contribution in [0.3, 0.4) is 0 Å². The second-order valence-corrected chi connectivity index (χ2v) is 6.96. The number of aromatic nitrogens is 2. The third-order valence-electron chi connectivity index (χ3n) is 3.41. The summed E-state index contributed by atoms with van der Waals surface area (Å²) < 4.78 is 45.1. The van der Waals surface area contributed by atoms with Gasteiger partial charge < -0.3 is 9.30 Å². The van der Waals surface area contributed by atoms with E-state index in [9.17, 15) is 17.6 Å². The minimum atomic E-state index is -3.71. The average molecular weight is 327 g/mol. The summed E-state index contributed by atoms with van der Waals surface area (Å²) >= 11 is 0. The number of ether oxygens (including phenoxy) is 1. The zero-order chi connectivity index (χ0) is 15.9. The molecule has 1 amide bonds. The molecule has 2 aromatic rings. The Balaban J connectivity index is 1.98. The molecular weight excluding hydrogens is 313 g/mol. The zero-order valence-corrected chi connectivity index (χ0v) is 12.6. The number of nitrogens with zero attached hydrogens (tertiary/aromatic N) is 2. The van der Waals surface area contributed by atoms with Gasteiger partial charge in [0.25, 0.3) is 5.91 Å². The standard InChI is InChI=1S/C13H14FN3O4S/c1-22(19,20)16-13(18)8-4-10(14)12-11(5-8)17(7-15-12)6-9-2-3-21-9/h4-5,7,9H,2-3,6H2,1H3,(H,16,18)/t9-/m0/s1. The van der Waals surface area contributed by atoms with E-state index in [1.165, 1.54) is 12.4 Å². The minimum Gasteiger partial charge on any atom is -0.376 e. The summed E-state index contributed by atoms with van der Waals surface area (Å²) in [6.45, 7) is 1.21. The second kappa shape index (κ2) is 5.33. The molecule has 1 aromatic heterocycles. The van der Waals surface area contributed by atoms with Gasteiger partial charge in [-0.2, -0.15) is 0 Å². The number of halogens is 1. The average Bonchev–Trinajstić information content (AvgIpc) is 2.75. The van der Waals surface area contributed by atoms with Gasteiger partial charge in [-0.1, -0.05) is 0 Å². The molecule has 1 aromatic carbocycles. The van der Waals surface area contributed by atoms with Crippen molar-refractivity contribution in [1.29, 1.82) is 0 Å². The van der Waals surface area contributed by atoms with Gasteiger partial charge in [0.1, 0.15) is 5.52 Å². The number of benzene rings is 1. The molecule has 3 rings (SSSR count). The third-order valence-corrected chi connectivity index (χ3v) is 3.97. The fourth-order valence-corrected chi connectivity index (χ4v) is 2.73. The van der Waals surface area contributed by atoms with E-state index < -0.39 is 21.7 Å². The van der Waals surface area contributed by atoms with Crippen molar-refractivity contribution < 1.29 is 22.3 Å². The summed E-state index contributed by atoms with van der Waals surface area (Å²) in [6, 6.07) is 2.39. The Labute approximate surface area is 126 Å². The number of nitrogens with one attached hydrogen (secondary N) is 1. The number of hydrogen-bond donors (Lipinski definition) is 1. The molecule has 1 saturated heterocycles. The Hall–Kier alpha value is -2.00. The van der Waals surface area contributed by atoms with Crippen LogP contribution in [-0.2, 0) is 21.3 Å². The number of sulfonamides is 1. The lowest BCUT2D eigenvalue weighted by atomic mass is 10.1. The molecule has 1 atom stereocenters. The van der Waals surface area contributed by atoms with Crippen LogP contribution in [-0.4, -0.2) is 42.8 Å². The molecule has 9 heteroatoms. The number of imidazole rings is 1. The molecule has 0 aliphatic carbocycles. The number of rotatable bonds is 4. The van der Waals surface area contributed by atoms with Gasteiger partial charge in [0, 0.05) is 12.2 Å². The summed E-state index contributed by atoms with van der Waals surface area (Å²) in [5.41, 5.74) is 0.482. The largest absolute Gasteiger partial charge is 0.376 e. The summed E-state index contributed by atoms with van der Waals surface area (Å²) in [5.74, 6) is -1.56. The van der Waals surface area contributed by atoms with Crippen molar-refractivity contribution in [1.82, 2.24) is 14.3 Å². The SMILES string of the molecule is CS(=O)(=O)NC(=O)c1cc(F)c2ncn(C[C@@H]3CCO3)c2c1. The molecule has 0 spiro atoms. The Bertz CT molecular complexity index is 842. The first kappa shape index (κ1) is 14.9. The molecule has 0 unspecified atom stereocenters. The Morgan fingerprint density at radius 1 is 1.55 bits per heavy atom. The van der Waals surface area contributed by atoms with E-state index >= 15 is 0 Å². The lowest BCUT2D eigenvalue weighted by Gasteiger charge is -2.26. The molecule has 22 heavy (non-hydrogen) atoms. The molecule has 0 bridgehead atoms. The second-order valence-electron chi connectivity index (χ2n) is 5.21. The van der Waals surface area contributed by atoms with Gasteiger partial charge in [0.2, 0.25) is 10.0 Å². The molecule has 1 aliphatic rings. The van der Waals surface area contributed by atoms with E-state index in [2.05, 4.69) is 4.98 Å². The highest BCUT2D eigenvalue weighted by atomic mass is 32.2. The van der Waals surface area contributed by atoms with Crippen molar-refractivity contribution in [2.24, 2.45) is 0 Å². The monoisotopic (exact) mass is 327 g/mol. The van der Waals surface area contributed by atoms with Gasteiger partial charge in [-0.15, -0.1) is 0 Å². The van der Waals surface area contributed by atoms with Crippen molar-refractivity contribution in [2.75, 3.05) is 12.9 Å². The van der Waals surface area contributed by atoms with Gasteiger partial charge in [-0.05, 0) is 18.6 Å². The fourth-order valence-electron chi connectivity index (χ4n) is 2.27. The van der Waals surface area contributed by atoms with Crippen LogP contribution < -0.4 is 4.72 Å². The van der Waals surface area contributed by atoms with E-state index in [-0.39, 0.29) is 17.2 Å². The highest BCUT2D eigenvalue weighted by molar-refractivity contribution is 7.89. The van der Waals surface area contributed by atoms with Crippen molar-refractivity contribution in [3.8, 4) is 0 Å². The highest BCUT2D eigenvalue weighted by Gasteiger charge is 2.21. The topological polar surface area (TPSA) is 90.3 Å². The molecule has 1 fully saturated rings. The first-order chi connectivity index (χ1) is 10.3. The maximum absolute atomic E-state index is 14.1. The fraction of sp³-hybridized carbons (Fsp3) is 0.385. The first-order valence-electron chi connectivity index (χ1n) is 6.61. The van der Waals surface area contributed by atoms with Crippen LogP contribution in [0.15, 0.2) is 18.5 Å². The Morgan fingerprint density at radius 3 is 2.86 bits per heavy atom. The van der Waals surface area contributed by atoms with E-state index in [1.54, 1.807) is 4.57 Å². The summed E-state index contributed by atoms with van der Waals surface area (Å²) in [7, 11) is -3.71. The Kier molecular flexibility index (Phi) is 3.61. The molecule has 0 saturated carbocycles. The number of carbonyl (C=O) groups is 1. The van der Waals surface area contributed by atoms with Crippen LogP contribution in [0.1, 0.15) is 16.8 Å². The van der Waals surface area contributed by atoms with Crippen LogP contribution >= 0.6 is 0 Å². The van der Waals surface area contributed by atoms with E-state index in [0.717, 1.165) is 18.7 Å². The summed E-state index contributed by atoms with van der Waals surface area (Å²) in [6.07, 6.45) is 3.30.